The molecular formula is C26H22N2NiO4. The molecule has 4 rings (SSSR count). The fourth-order valence-electron chi connectivity index (χ4n) is 3.42. The second-order valence-electron chi connectivity index (χ2n) is 7.01. The molecule has 0 aliphatic rings. The first kappa shape index (κ1) is 25.6. The van der Waals surface area contributed by atoms with Crippen molar-refractivity contribution in [1.82, 2.24) is 0 Å². The molecular weight excluding hydrogens is 463 g/mol. The van der Waals surface area contributed by atoms with Gasteiger partial charge >= 0.3 is 16.5 Å². The number of hydrogen-bond donors (Lipinski definition) is 1. The van der Waals surface area contributed by atoms with Crippen molar-refractivity contribution in [3.63, 3.8) is 0 Å². The van der Waals surface area contributed by atoms with Crippen LogP contribution < -0.4 is 10.2 Å². The van der Waals surface area contributed by atoms with Gasteiger partial charge in [0, 0.05) is 11.8 Å². The van der Waals surface area contributed by atoms with Crippen LogP contribution in [0, 0.1) is 0 Å². The predicted octanol–water partition coefficient (Wildman–Crippen LogP) is 2.82. The van der Waals surface area contributed by atoms with Crippen molar-refractivity contribution >= 4 is 22.7 Å². The Bertz CT molecular complexity index is 1270. The molecule has 0 aromatic heterocycles. The molecule has 6 nitrogen and oxygen atoms in total. The molecule has 0 spiro atoms. The van der Waals surface area contributed by atoms with Crippen LogP contribution in [0.5, 0.6) is 17.2 Å². The first-order valence-corrected chi connectivity index (χ1v) is 9.92. The summed E-state index contributed by atoms with van der Waals surface area (Å²) in [5.74, 6) is -0.442. The van der Waals surface area contributed by atoms with Gasteiger partial charge in [-0.25, -0.2) is 0 Å². The first-order valence-electron chi connectivity index (χ1n) is 9.92. The molecule has 0 aliphatic heterocycles. The largest absolute Gasteiger partial charge is 2.00 e. The summed E-state index contributed by atoms with van der Waals surface area (Å²) < 4.78 is 0. The minimum Gasteiger partial charge on any atom is -0.872 e. The summed E-state index contributed by atoms with van der Waals surface area (Å²) in [6, 6.07) is 24.7. The van der Waals surface area contributed by atoms with E-state index in [2.05, 4.69) is 9.98 Å². The molecule has 0 heterocycles. The topological polar surface area (TPSA) is 123 Å². The zero-order chi connectivity index (χ0) is 21.6. The number of phenolic OH excluding ortho intramolecular Hbond substituents is 1. The van der Waals surface area contributed by atoms with Gasteiger partial charge in [0.1, 0.15) is 5.75 Å². The molecule has 0 saturated carbocycles. The molecule has 4 aromatic carbocycles. The maximum atomic E-state index is 12.4. The van der Waals surface area contributed by atoms with Crippen LogP contribution in [0.25, 0.3) is 10.8 Å². The summed E-state index contributed by atoms with van der Waals surface area (Å²) in [5, 5.41) is 36.1. The molecule has 0 saturated heterocycles. The van der Waals surface area contributed by atoms with Crippen molar-refractivity contribution in [3.8, 4) is 17.2 Å². The zero-order valence-electron chi connectivity index (χ0n) is 17.5. The van der Waals surface area contributed by atoms with Crippen LogP contribution in [0.2, 0.25) is 0 Å². The number of aromatic hydroxyl groups is 1. The molecule has 170 valence electrons. The van der Waals surface area contributed by atoms with E-state index in [9.17, 15) is 15.3 Å². The fourth-order valence-corrected chi connectivity index (χ4v) is 3.42. The average Bonchev–Trinajstić information content (AvgIpc) is 2.79. The molecule has 0 amide bonds. The van der Waals surface area contributed by atoms with Crippen LogP contribution in [0.4, 0.5) is 0 Å². The zero-order valence-corrected chi connectivity index (χ0v) is 18.5. The number of rotatable bonds is 6. The number of nitrogens with zero attached hydrogens (tertiary/aromatic N) is 2. The van der Waals surface area contributed by atoms with Crippen molar-refractivity contribution in [2.24, 2.45) is 9.98 Å². The van der Waals surface area contributed by atoms with E-state index in [1.807, 2.05) is 60.7 Å². The second-order valence-corrected chi connectivity index (χ2v) is 7.01. The van der Waals surface area contributed by atoms with Crippen molar-refractivity contribution in [2.45, 2.75) is 0 Å². The van der Waals surface area contributed by atoms with Gasteiger partial charge in [-0.15, -0.1) is 0 Å². The monoisotopic (exact) mass is 484 g/mol. The van der Waals surface area contributed by atoms with Gasteiger partial charge in [0.05, 0.1) is 18.8 Å². The Labute approximate surface area is 201 Å². The number of benzene rings is 4. The summed E-state index contributed by atoms with van der Waals surface area (Å²) in [7, 11) is 0. The Hall–Kier alpha value is -3.67. The van der Waals surface area contributed by atoms with E-state index in [4.69, 9.17) is 0 Å². The smallest absolute Gasteiger partial charge is 0.872 e. The molecule has 7 heteroatoms. The third kappa shape index (κ3) is 5.98. The quantitative estimate of drug-likeness (QED) is 0.257. The summed E-state index contributed by atoms with van der Waals surface area (Å²) in [6.07, 6.45) is 1.60. The third-order valence-corrected chi connectivity index (χ3v) is 4.92. The maximum Gasteiger partial charge on any atom is 2.00 e. The number of hydrogen-bond acceptors (Lipinski definition) is 5. The predicted molar refractivity (Wildman–Crippen MR) is 124 cm³/mol. The third-order valence-electron chi connectivity index (χ3n) is 4.92. The summed E-state index contributed by atoms with van der Waals surface area (Å²) in [5.41, 5.74) is 2.34. The Balaban J connectivity index is 0.00000193. The van der Waals surface area contributed by atoms with Crippen LogP contribution in [0.3, 0.4) is 0 Å². The van der Waals surface area contributed by atoms with Gasteiger partial charge in [-0.1, -0.05) is 78.2 Å². The average molecular weight is 485 g/mol. The molecule has 33 heavy (non-hydrogen) atoms. The Morgan fingerprint density at radius 1 is 0.818 bits per heavy atom. The van der Waals surface area contributed by atoms with E-state index in [1.54, 1.807) is 18.3 Å². The molecule has 0 aliphatic carbocycles. The van der Waals surface area contributed by atoms with Crippen molar-refractivity contribution in [2.75, 3.05) is 13.1 Å². The van der Waals surface area contributed by atoms with Crippen molar-refractivity contribution in [1.29, 1.82) is 0 Å². The van der Waals surface area contributed by atoms with E-state index in [0.717, 1.165) is 16.3 Å². The molecule has 0 bridgehead atoms. The van der Waals surface area contributed by atoms with Gasteiger partial charge in [0.15, 0.2) is 0 Å². The van der Waals surface area contributed by atoms with Gasteiger partial charge in [-0.3, -0.25) is 9.98 Å². The van der Waals surface area contributed by atoms with Crippen molar-refractivity contribution < 1.29 is 37.3 Å². The van der Waals surface area contributed by atoms with Gasteiger partial charge < -0.3 is 20.8 Å². The van der Waals surface area contributed by atoms with Gasteiger partial charge in [0.25, 0.3) is 0 Å². The fraction of sp³-hybridized carbons (Fsp3) is 0.0769. The van der Waals surface area contributed by atoms with Crippen molar-refractivity contribution in [3.05, 3.63) is 102 Å². The van der Waals surface area contributed by atoms with E-state index >= 15 is 0 Å². The Morgan fingerprint density at radius 2 is 1.55 bits per heavy atom. The van der Waals surface area contributed by atoms with E-state index in [0.29, 0.717) is 29.9 Å². The number of phenols is 1. The molecule has 0 unspecified atom stereocenters. The number of fused-ring (bicyclic) bond motifs is 1. The van der Waals surface area contributed by atoms with Crippen LogP contribution in [0.1, 0.15) is 16.7 Å². The first-order chi connectivity index (χ1) is 15.1. The number of aliphatic imine (C=N–C) groups is 2. The van der Waals surface area contributed by atoms with Crippen LogP contribution >= 0.6 is 0 Å². The molecule has 4 aromatic rings. The Kier molecular flexibility index (Phi) is 9.16. The van der Waals surface area contributed by atoms with E-state index < -0.39 is 0 Å². The van der Waals surface area contributed by atoms with Gasteiger partial charge in [-0.2, -0.15) is 0 Å². The molecule has 0 fully saturated rings. The maximum absolute atomic E-state index is 12.4. The SMILES string of the molecule is O.[Ni+2].[O-]c1cc(O)ccc1C(=NCCN=Cc1c([O-])ccc2ccccc12)c1ccccc1. The molecule has 0 atom stereocenters. The van der Waals surface area contributed by atoms with Crippen LogP contribution in [-0.2, 0) is 16.5 Å². The normalized spacial score (nSPS) is 11.2. The summed E-state index contributed by atoms with van der Waals surface area (Å²) in [4.78, 5) is 9.01. The summed E-state index contributed by atoms with van der Waals surface area (Å²) >= 11 is 0. The minimum absolute atomic E-state index is 0. The minimum atomic E-state index is -0.294. The Morgan fingerprint density at radius 3 is 2.30 bits per heavy atom. The summed E-state index contributed by atoms with van der Waals surface area (Å²) in [6.45, 7) is 0.714. The molecule has 3 N–H and O–H groups in total. The van der Waals surface area contributed by atoms with Gasteiger partial charge in [0.2, 0.25) is 0 Å². The van der Waals surface area contributed by atoms with E-state index in [1.165, 1.54) is 12.1 Å². The standard InChI is InChI=1S/C26H22N2O3.Ni.H2O/c29-20-11-12-22(25(31)16-20)26(19-7-2-1-3-8-19)28-15-14-27-17-23-21-9-5-4-6-18(21)10-13-24(23)30;;/h1-13,16-17,29-31H,14-15H2;;1H2/q;+2;/p-2. The van der Waals surface area contributed by atoms with Crippen LogP contribution in [0.15, 0.2) is 94.9 Å². The van der Waals surface area contributed by atoms with Crippen LogP contribution in [-0.4, -0.2) is 35.6 Å². The second kappa shape index (κ2) is 11.8. The van der Waals surface area contributed by atoms with Gasteiger partial charge in [-0.05, 0) is 40.1 Å². The van der Waals surface area contributed by atoms with E-state index in [-0.39, 0.29) is 39.2 Å². The molecule has 0 radical (unpaired) electrons.